The first-order valence-electron chi connectivity index (χ1n) is 2.96. The lowest BCUT2D eigenvalue weighted by Crippen LogP contribution is -2.04. The number of aromatic nitrogens is 1. The molecule has 1 atom stereocenters. The predicted octanol–water partition coefficient (Wildman–Crippen LogP) is 1.52. The van der Waals surface area contributed by atoms with E-state index in [2.05, 4.69) is 4.98 Å². The van der Waals surface area contributed by atoms with Crippen LogP contribution in [0.5, 0.6) is 0 Å². The lowest BCUT2D eigenvalue weighted by molar-refractivity contribution is 0.811. The van der Waals surface area contributed by atoms with Crippen molar-refractivity contribution in [2.45, 2.75) is 13.0 Å². The van der Waals surface area contributed by atoms with Crippen molar-refractivity contribution in [2.24, 2.45) is 5.73 Å². The second-order valence-corrected chi connectivity index (χ2v) is 2.08. The van der Waals surface area contributed by atoms with Gasteiger partial charge in [-0.15, -0.1) is 12.4 Å². The molecule has 2 N–H and O–H groups in total. The molecular formula is C7H11ClN2. The molecule has 0 fully saturated rings. The Hall–Kier alpha value is -0.600. The number of pyridine rings is 1. The summed E-state index contributed by atoms with van der Waals surface area (Å²) in [6.07, 6.45) is 3.52. The molecule has 56 valence electrons. The molecule has 0 aromatic carbocycles. The topological polar surface area (TPSA) is 38.9 Å². The van der Waals surface area contributed by atoms with Crippen molar-refractivity contribution in [3.8, 4) is 0 Å². The number of nitrogens with two attached hydrogens (primary N) is 1. The SMILES string of the molecule is C[C@@H](N)c1cccnc1.Cl. The van der Waals surface area contributed by atoms with E-state index in [1.807, 2.05) is 19.1 Å². The molecule has 0 radical (unpaired) electrons. The average Bonchev–Trinajstić information content (AvgIpc) is 1.90. The van der Waals surface area contributed by atoms with E-state index in [1.54, 1.807) is 12.4 Å². The third-order valence-corrected chi connectivity index (χ3v) is 1.21. The van der Waals surface area contributed by atoms with Crippen LogP contribution in [0.3, 0.4) is 0 Å². The molecule has 0 amide bonds. The minimum absolute atomic E-state index is 0. The normalized spacial score (nSPS) is 11.8. The summed E-state index contributed by atoms with van der Waals surface area (Å²) < 4.78 is 0. The highest BCUT2D eigenvalue weighted by atomic mass is 35.5. The van der Waals surface area contributed by atoms with Crippen molar-refractivity contribution in [1.29, 1.82) is 0 Å². The van der Waals surface area contributed by atoms with Gasteiger partial charge in [0.1, 0.15) is 0 Å². The van der Waals surface area contributed by atoms with Crippen LogP contribution in [0.1, 0.15) is 18.5 Å². The summed E-state index contributed by atoms with van der Waals surface area (Å²) in [7, 11) is 0. The summed E-state index contributed by atoms with van der Waals surface area (Å²) in [5.74, 6) is 0. The number of halogens is 1. The Balaban J connectivity index is 0.000000810. The Labute approximate surface area is 66.9 Å². The second-order valence-electron chi connectivity index (χ2n) is 2.08. The Kier molecular flexibility index (Phi) is 4.00. The zero-order valence-electron chi connectivity index (χ0n) is 5.82. The third kappa shape index (κ3) is 2.33. The van der Waals surface area contributed by atoms with Crippen LogP contribution in [0.4, 0.5) is 0 Å². The zero-order valence-corrected chi connectivity index (χ0v) is 6.64. The smallest absolute Gasteiger partial charge is 0.0315 e. The fraction of sp³-hybridized carbons (Fsp3) is 0.286. The van der Waals surface area contributed by atoms with Crippen LogP contribution in [0, 0.1) is 0 Å². The maximum atomic E-state index is 5.57. The van der Waals surface area contributed by atoms with Gasteiger partial charge < -0.3 is 5.73 Å². The summed E-state index contributed by atoms with van der Waals surface area (Å²) in [6, 6.07) is 3.95. The van der Waals surface area contributed by atoms with E-state index in [1.165, 1.54) is 0 Å². The molecule has 0 aliphatic rings. The van der Waals surface area contributed by atoms with Crippen molar-refractivity contribution >= 4 is 12.4 Å². The molecule has 0 aliphatic heterocycles. The Morgan fingerprint density at radius 2 is 2.30 bits per heavy atom. The highest BCUT2D eigenvalue weighted by Crippen LogP contribution is 2.04. The minimum Gasteiger partial charge on any atom is -0.324 e. The quantitative estimate of drug-likeness (QED) is 0.673. The molecule has 3 heteroatoms. The van der Waals surface area contributed by atoms with Crippen LogP contribution >= 0.6 is 12.4 Å². The van der Waals surface area contributed by atoms with E-state index >= 15 is 0 Å². The molecule has 1 heterocycles. The average molecular weight is 159 g/mol. The number of rotatable bonds is 1. The van der Waals surface area contributed by atoms with Crippen LogP contribution in [-0.2, 0) is 0 Å². The third-order valence-electron chi connectivity index (χ3n) is 1.21. The summed E-state index contributed by atoms with van der Waals surface area (Å²) in [5, 5.41) is 0. The van der Waals surface area contributed by atoms with Crippen LogP contribution in [-0.4, -0.2) is 4.98 Å². The summed E-state index contributed by atoms with van der Waals surface area (Å²) >= 11 is 0. The maximum absolute atomic E-state index is 5.57. The molecule has 1 rings (SSSR count). The van der Waals surface area contributed by atoms with E-state index in [4.69, 9.17) is 5.73 Å². The lowest BCUT2D eigenvalue weighted by Gasteiger charge is -2.01. The minimum atomic E-state index is 0. The Morgan fingerprint density at radius 1 is 1.60 bits per heavy atom. The van der Waals surface area contributed by atoms with E-state index in [0.717, 1.165) is 5.56 Å². The van der Waals surface area contributed by atoms with Crippen LogP contribution in [0.25, 0.3) is 0 Å². The van der Waals surface area contributed by atoms with Gasteiger partial charge in [0.05, 0.1) is 0 Å². The second kappa shape index (κ2) is 4.25. The van der Waals surface area contributed by atoms with Gasteiger partial charge in [0.2, 0.25) is 0 Å². The molecule has 1 aromatic heterocycles. The van der Waals surface area contributed by atoms with Gasteiger partial charge in [0.25, 0.3) is 0 Å². The lowest BCUT2D eigenvalue weighted by atomic mass is 10.2. The summed E-state index contributed by atoms with van der Waals surface area (Å²) in [5.41, 5.74) is 6.65. The fourth-order valence-corrected chi connectivity index (χ4v) is 0.645. The van der Waals surface area contributed by atoms with Gasteiger partial charge in [-0.3, -0.25) is 4.98 Å². The van der Waals surface area contributed by atoms with Gasteiger partial charge in [0, 0.05) is 18.4 Å². The molecule has 0 unspecified atom stereocenters. The molecule has 0 bridgehead atoms. The van der Waals surface area contributed by atoms with Gasteiger partial charge in [-0.2, -0.15) is 0 Å². The monoisotopic (exact) mass is 158 g/mol. The molecule has 0 spiro atoms. The molecule has 0 saturated heterocycles. The Morgan fingerprint density at radius 3 is 2.60 bits per heavy atom. The van der Waals surface area contributed by atoms with Crippen molar-refractivity contribution in [1.82, 2.24) is 4.98 Å². The van der Waals surface area contributed by atoms with Gasteiger partial charge in [-0.25, -0.2) is 0 Å². The molecule has 0 saturated carbocycles. The van der Waals surface area contributed by atoms with E-state index in [0.29, 0.717) is 0 Å². The van der Waals surface area contributed by atoms with Gasteiger partial charge in [0.15, 0.2) is 0 Å². The number of hydrogen-bond acceptors (Lipinski definition) is 2. The van der Waals surface area contributed by atoms with Crippen LogP contribution in [0.15, 0.2) is 24.5 Å². The van der Waals surface area contributed by atoms with Gasteiger partial charge in [-0.1, -0.05) is 6.07 Å². The first-order valence-corrected chi connectivity index (χ1v) is 2.96. The largest absolute Gasteiger partial charge is 0.324 e. The van der Waals surface area contributed by atoms with Gasteiger partial charge >= 0.3 is 0 Å². The van der Waals surface area contributed by atoms with Crippen LogP contribution in [0.2, 0.25) is 0 Å². The molecule has 2 nitrogen and oxygen atoms in total. The Bertz CT molecular complexity index is 174. The summed E-state index contributed by atoms with van der Waals surface area (Å²) in [6.45, 7) is 1.94. The van der Waals surface area contributed by atoms with E-state index < -0.39 is 0 Å². The number of nitrogens with zero attached hydrogens (tertiary/aromatic N) is 1. The maximum Gasteiger partial charge on any atom is 0.0315 e. The molecule has 10 heavy (non-hydrogen) atoms. The molecule has 0 aliphatic carbocycles. The summed E-state index contributed by atoms with van der Waals surface area (Å²) in [4.78, 5) is 3.93. The van der Waals surface area contributed by atoms with E-state index in [9.17, 15) is 0 Å². The highest BCUT2D eigenvalue weighted by molar-refractivity contribution is 5.85. The van der Waals surface area contributed by atoms with Crippen molar-refractivity contribution < 1.29 is 0 Å². The number of hydrogen-bond donors (Lipinski definition) is 1. The predicted molar refractivity (Wildman–Crippen MR) is 44.1 cm³/mol. The molecule has 1 aromatic rings. The first-order chi connectivity index (χ1) is 4.30. The van der Waals surface area contributed by atoms with Crippen molar-refractivity contribution in [3.63, 3.8) is 0 Å². The standard InChI is InChI=1S/C7H10N2.ClH/c1-6(8)7-3-2-4-9-5-7;/h2-6H,8H2,1H3;1H/t6-;/m1./s1. The zero-order chi connectivity index (χ0) is 6.69. The van der Waals surface area contributed by atoms with Crippen molar-refractivity contribution in [3.05, 3.63) is 30.1 Å². The van der Waals surface area contributed by atoms with Gasteiger partial charge in [-0.05, 0) is 18.6 Å². The van der Waals surface area contributed by atoms with E-state index in [-0.39, 0.29) is 18.4 Å². The fourth-order valence-electron chi connectivity index (χ4n) is 0.645. The van der Waals surface area contributed by atoms with Crippen LogP contribution < -0.4 is 5.73 Å². The van der Waals surface area contributed by atoms with Crippen molar-refractivity contribution in [2.75, 3.05) is 0 Å². The first kappa shape index (κ1) is 9.40. The molecular weight excluding hydrogens is 148 g/mol. The highest BCUT2D eigenvalue weighted by Gasteiger charge is 1.94.